The Morgan fingerprint density at radius 1 is 1.32 bits per heavy atom. The van der Waals surface area contributed by atoms with Crippen LogP contribution in [0.25, 0.3) is 0 Å². The summed E-state index contributed by atoms with van der Waals surface area (Å²) in [6.07, 6.45) is 0.781. The summed E-state index contributed by atoms with van der Waals surface area (Å²) in [6.45, 7) is 5.96. The third-order valence-electron chi connectivity index (χ3n) is 3.48. The molecule has 1 amide bonds. The van der Waals surface area contributed by atoms with Crippen LogP contribution < -0.4 is 10.2 Å². The molecule has 0 atom stereocenters. The van der Waals surface area contributed by atoms with Gasteiger partial charge in [-0.1, -0.05) is 6.92 Å². The number of amides is 1. The van der Waals surface area contributed by atoms with Gasteiger partial charge < -0.3 is 15.1 Å². The van der Waals surface area contributed by atoms with Gasteiger partial charge in [-0.05, 0) is 6.92 Å². The predicted octanol–water partition coefficient (Wildman–Crippen LogP) is 0.668. The van der Waals surface area contributed by atoms with E-state index in [-0.39, 0.29) is 5.91 Å². The topological polar surface area (TPSA) is 61.4 Å². The molecule has 0 unspecified atom stereocenters. The third kappa shape index (κ3) is 2.62. The molecule has 0 aliphatic carbocycles. The van der Waals surface area contributed by atoms with E-state index in [9.17, 15) is 4.79 Å². The van der Waals surface area contributed by atoms with Crippen LogP contribution in [0, 0.1) is 6.92 Å². The minimum Gasteiger partial charge on any atom is -0.373 e. The second-order valence-corrected chi connectivity index (χ2v) is 4.78. The highest BCUT2D eigenvalue weighted by molar-refractivity contribution is 5.82. The quantitative estimate of drug-likeness (QED) is 0.868. The molecule has 2 rings (SSSR count). The van der Waals surface area contributed by atoms with Gasteiger partial charge in [0.25, 0.3) is 0 Å². The number of aryl methyl sites for hydroxylation is 1. The first-order chi connectivity index (χ1) is 9.06. The fraction of sp³-hybridized carbons (Fsp3) is 0.615. The van der Waals surface area contributed by atoms with E-state index >= 15 is 0 Å². The zero-order chi connectivity index (χ0) is 14.0. The second-order valence-electron chi connectivity index (χ2n) is 4.78. The van der Waals surface area contributed by atoms with Crippen molar-refractivity contribution in [1.29, 1.82) is 0 Å². The molecule has 1 aliphatic heterocycles. The summed E-state index contributed by atoms with van der Waals surface area (Å²) in [5.74, 6) is 2.65. The molecule has 0 saturated carbocycles. The lowest BCUT2D eigenvalue weighted by Crippen LogP contribution is -2.49. The van der Waals surface area contributed by atoms with Crippen LogP contribution in [0.15, 0.2) is 0 Å². The van der Waals surface area contributed by atoms with Crippen molar-refractivity contribution in [3.63, 3.8) is 0 Å². The number of carbonyl (C=O) groups is 1. The van der Waals surface area contributed by atoms with Gasteiger partial charge in [0.15, 0.2) is 0 Å². The van der Waals surface area contributed by atoms with Gasteiger partial charge in [0, 0.05) is 39.2 Å². The number of hydrogen-bond donors (Lipinski definition) is 1. The Kier molecular flexibility index (Phi) is 3.87. The zero-order valence-corrected chi connectivity index (χ0v) is 12.0. The molecule has 0 bridgehead atoms. The smallest absolute Gasteiger partial charge is 0.241 e. The number of anilines is 2. The van der Waals surface area contributed by atoms with E-state index in [2.05, 4.69) is 15.3 Å². The Hall–Kier alpha value is -1.85. The van der Waals surface area contributed by atoms with Crippen LogP contribution in [0.2, 0.25) is 0 Å². The molecule has 1 N–H and O–H groups in total. The Bertz CT molecular complexity index is 488. The Balaban J connectivity index is 2.36. The Morgan fingerprint density at radius 2 is 2.05 bits per heavy atom. The van der Waals surface area contributed by atoms with Gasteiger partial charge in [0.1, 0.15) is 17.5 Å². The van der Waals surface area contributed by atoms with Gasteiger partial charge in [-0.3, -0.25) is 4.79 Å². The van der Waals surface area contributed by atoms with Crippen LogP contribution in [0.5, 0.6) is 0 Å². The molecule has 0 spiro atoms. The lowest BCUT2D eigenvalue weighted by atomic mass is 10.2. The van der Waals surface area contributed by atoms with E-state index in [4.69, 9.17) is 0 Å². The highest BCUT2D eigenvalue weighted by Gasteiger charge is 2.24. The van der Waals surface area contributed by atoms with Crippen molar-refractivity contribution in [2.75, 3.05) is 43.9 Å². The van der Waals surface area contributed by atoms with E-state index in [0.29, 0.717) is 6.54 Å². The van der Waals surface area contributed by atoms with Gasteiger partial charge in [0.05, 0.1) is 6.54 Å². The van der Waals surface area contributed by atoms with Crippen molar-refractivity contribution in [1.82, 2.24) is 14.9 Å². The molecular weight excluding hydrogens is 242 g/mol. The molecule has 1 fully saturated rings. The minimum absolute atomic E-state index is 0.133. The summed E-state index contributed by atoms with van der Waals surface area (Å²) in [5.41, 5.74) is 0.997. The zero-order valence-electron chi connectivity index (χ0n) is 12.0. The first-order valence-electron chi connectivity index (χ1n) is 6.61. The van der Waals surface area contributed by atoms with E-state index in [1.165, 1.54) is 0 Å². The molecule has 1 aromatic rings. The van der Waals surface area contributed by atoms with Gasteiger partial charge in [0.2, 0.25) is 5.91 Å². The summed E-state index contributed by atoms with van der Waals surface area (Å²) in [6, 6.07) is 0. The lowest BCUT2D eigenvalue weighted by molar-refractivity contribution is -0.129. The van der Waals surface area contributed by atoms with Crippen LogP contribution in [0.1, 0.15) is 18.3 Å². The van der Waals surface area contributed by atoms with Crippen LogP contribution in [-0.2, 0) is 11.2 Å². The van der Waals surface area contributed by atoms with Crippen LogP contribution in [0.3, 0.4) is 0 Å². The molecular formula is C13H21N5O. The number of rotatable bonds is 3. The maximum absolute atomic E-state index is 11.8. The first kappa shape index (κ1) is 13.6. The number of hydrogen-bond acceptors (Lipinski definition) is 5. The number of carbonyl (C=O) groups excluding carboxylic acids is 1. The van der Waals surface area contributed by atoms with Gasteiger partial charge in [-0.15, -0.1) is 0 Å². The number of likely N-dealkylation sites (N-methyl/N-ethyl adjacent to an activating group) is 1. The first-order valence-corrected chi connectivity index (χ1v) is 6.61. The van der Waals surface area contributed by atoms with Crippen molar-refractivity contribution >= 4 is 17.5 Å². The second kappa shape index (κ2) is 5.42. The number of nitrogens with zero attached hydrogens (tertiary/aromatic N) is 4. The largest absolute Gasteiger partial charge is 0.373 e. The third-order valence-corrected chi connectivity index (χ3v) is 3.48. The number of nitrogens with one attached hydrogen (secondary N) is 1. The van der Waals surface area contributed by atoms with E-state index in [0.717, 1.165) is 42.5 Å². The normalized spacial score (nSPS) is 15.9. The summed E-state index contributed by atoms with van der Waals surface area (Å²) >= 11 is 0. The molecule has 104 valence electrons. The van der Waals surface area contributed by atoms with Crippen LogP contribution in [-0.4, -0.2) is 54.5 Å². The average Bonchev–Trinajstić information content (AvgIpc) is 2.42. The molecule has 0 radical (unpaired) electrons. The van der Waals surface area contributed by atoms with Crippen molar-refractivity contribution in [2.45, 2.75) is 20.3 Å². The van der Waals surface area contributed by atoms with E-state index < -0.39 is 0 Å². The molecule has 6 nitrogen and oxygen atoms in total. The van der Waals surface area contributed by atoms with E-state index in [1.807, 2.05) is 32.8 Å². The summed E-state index contributed by atoms with van der Waals surface area (Å²) in [7, 11) is 3.69. The van der Waals surface area contributed by atoms with Crippen molar-refractivity contribution in [3.05, 3.63) is 11.4 Å². The minimum atomic E-state index is 0.133. The highest BCUT2D eigenvalue weighted by atomic mass is 16.2. The fourth-order valence-electron chi connectivity index (χ4n) is 2.20. The summed E-state index contributed by atoms with van der Waals surface area (Å²) in [4.78, 5) is 24.7. The average molecular weight is 263 g/mol. The standard InChI is InChI=1S/C13H21N5O/c1-5-10-15-12(14-3)9(2)13(16-10)18-7-6-17(4)11(19)8-18/h5-8H2,1-4H3,(H,14,15,16). The Labute approximate surface area is 113 Å². The van der Waals surface area contributed by atoms with Gasteiger partial charge in [-0.25, -0.2) is 9.97 Å². The summed E-state index contributed by atoms with van der Waals surface area (Å²) < 4.78 is 0. The van der Waals surface area contributed by atoms with Gasteiger partial charge >= 0.3 is 0 Å². The highest BCUT2D eigenvalue weighted by Crippen LogP contribution is 2.24. The number of piperazine rings is 1. The predicted molar refractivity (Wildman–Crippen MR) is 75.5 cm³/mol. The van der Waals surface area contributed by atoms with Crippen LogP contribution >= 0.6 is 0 Å². The molecule has 1 aliphatic rings. The molecule has 6 heteroatoms. The molecule has 19 heavy (non-hydrogen) atoms. The van der Waals surface area contributed by atoms with Crippen molar-refractivity contribution in [3.8, 4) is 0 Å². The maximum atomic E-state index is 11.8. The monoisotopic (exact) mass is 263 g/mol. The van der Waals surface area contributed by atoms with Crippen LogP contribution in [0.4, 0.5) is 11.6 Å². The van der Waals surface area contributed by atoms with E-state index in [1.54, 1.807) is 4.90 Å². The number of aromatic nitrogens is 2. The van der Waals surface area contributed by atoms with Gasteiger partial charge in [-0.2, -0.15) is 0 Å². The molecule has 2 heterocycles. The Morgan fingerprint density at radius 3 is 2.63 bits per heavy atom. The summed E-state index contributed by atoms with van der Waals surface area (Å²) in [5, 5.41) is 3.10. The van der Waals surface area contributed by atoms with Crippen molar-refractivity contribution < 1.29 is 4.79 Å². The SMILES string of the molecule is CCc1nc(NC)c(C)c(N2CCN(C)C(=O)C2)n1. The fourth-order valence-corrected chi connectivity index (χ4v) is 2.20. The molecule has 0 aromatic carbocycles. The lowest BCUT2D eigenvalue weighted by Gasteiger charge is -2.33. The maximum Gasteiger partial charge on any atom is 0.241 e. The van der Waals surface area contributed by atoms with Crippen molar-refractivity contribution in [2.24, 2.45) is 0 Å². The molecule has 1 aromatic heterocycles. The molecule has 1 saturated heterocycles.